The van der Waals surface area contributed by atoms with Gasteiger partial charge in [0.2, 0.25) is 0 Å². The quantitative estimate of drug-likeness (QED) is 0.590. The minimum absolute atomic E-state index is 0.222. The molecule has 0 aliphatic heterocycles. The Kier molecular flexibility index (Phi) is 3.95. The summed E-state index contributed by atoms with van der Waals surface area (Å²) in [6.45, 7) is 1.99. The monoisotopic (exact) mass is 369 g/mol. The molecule has 2 heterocycles. The molecule has 0 saturated heterocycles. The topological polar surface area (TPSA) is 72.7 Å². The molecule has 0 fully saturated rings. The summed E-state index contributed by atoms with van der Waals surface area (Å²) < 4.78 is 2.54. The molecule has 124 valence electrons. The van der Waals surface area contributed by atoms with E-state index in [4.69, 9.17) is 11.6 Å². The second kappa shape index (κ2) is 6.27. The fourth-order valence-electron chi connectivity index (χ4n) is 2.59. The molecule has 2 aromatic heterocycles. The van der Waals surface area contributed by atoms with Gasteiger partial charge in [-0.2, -0.15) is 0 Å². The predicted molar refractivity (Wildman–Crippen MR) is 98.7 cm³/mol. The lowest BCUT2D eigenvalue weighted by molar-refractivity contribution is 0.103. The fourth-order valence-corrected chi connectivity index (χ4v) is 4.16. The third-order valence-corrected chi connectivity index (χ3v) is 5.45. The molecule has 0 unspecified atom stereocenters. The number of fused-ring (bicyclic) bond motifs is 1. The molecule has 6 nitrogen and oxygen atoms in total. The van der Waals surface area contributed by atoms with E-state index in [1.54, 1.807) is 12.1 Å². The molecule has 1 amide bonds. The first-order valence-corrected chi connectivity index (χ1v) is 8.65. The van der Waals surface area contributed by atoms with E-state index < -0.39 is 0 Å². The summed E-state index contributed by atoms with van der Waals surface area (Å²) >= 11 is 7.83. The maximum atomic E-state index is 12.6. The second-order valence-electron chi connectivity index (χ2n) is 5.45. The molecule has 8 heteroatoms. The maximum absolute atomic E-state index is 12.6. The molecule has 0 spiro atoms. The number of nitrogens with zero attached hydrogens (tertiary/aromatic N) is 4. The van der Waals surface area contributed by atoms with Crippen LogP contribution in [0.3, 0.4) is 0 Å². The molecular formula is C17H12ClN5OS. The number of thiophene rings is 1. The lowest BCUT2D eigenvalue weighted by Gasteiger charge is -2.05. The van der Waals surface area contributed by atoms with Crippen LogP contribution in [0.4, 0.5) is 5.69 Å². The summed E-state index contributed by atoms with van der Waals surface area (Å²) in [7, 11) is 0. The highest BCUT2D eigenvalue weighted by Gasteiger charge is 2.18. The van der Waals surface area contributed by atoms with Crippen molar-refractivity contribution in [1.82, 2.24) is 20.2 Å². The number of carbonyl (C=O) groups is 1. The van der Waals surface area contributed by atoms with Crippen LogP contribution in [0.1, 0.15) is 15.2 Å². The number of hydrogen-bond acceptors (Lipinski definition) is 5. The fraction of sp³-hybridized carbons (Fsp3) is 0.0588. The van der Waals surface area contributed by atoms with Crippen molar-refractivity contribution in [3.63, 3.8) is 0 Å². The highest BCUT2D eigenvalue weighted by Crippen LogP contribution is 2.37. The van der Waals surface area contributed by atoms with Gasteiger partial charge in [-0.1, -0.05) is 23.7 Å². The molecule has 4 aromatic rings. The Bertz CT molecular complexity index is 1060. The molecule has 0 atom stereocenters. The van der Waals surface area contributed by atoms with Crippen LogP contribution in [-0.2, 0) is 0 Å². The van der Waals surface area contributed by atoms with Gasteiger partial charge < -0.3 is 5.32 Å². The Morgan fingerprint density at radius 1 is 1.20 bits per heavy atom. The summed E-state index contributed by atoms with van der Waals surface area (Å²) in [5.41, 5.74) is 2.54. The zero-order valence-corrected chi connectivity index (χ0v) is 14.7. The van der Waals surface area contributed by atoms with Crippen LogP contribution in [0.5, 0.6) is 0 Å². The van der Waals surface area contributed by atoms with Gasteiger partial charge in [-0.3, -0.25) is 4.79 Å². The number of aromatic nitrogens is 4. The van der Waals surface area contributed by atoms with Crippen molar-refractivity contribution in [1.29, 1.82) is 0 Å². The summed E-state index contributed by atoms with van der Waals surface area (Å²) in [4.78, 5) is 13.1. The molecule has 0 radical (unpaired) electrons. The van der Waals surface area contributed by atoms with Crippen molar-refractivity contribution in [3.05, 3.63) is 64.3 Å². The van der Waals surface area contributed by atoms with E-state index in [0.29, 0.717) is 15.6 Å². The number of nitrogens with one attached hydrogen (secondary N) is 1. The van der Waals surface area contributed by atoms with E-state index in [9.17, 15) is 4.79 Å². The Hall–Kier alpha value is -2.77. The SMILES string of the molecule is Cc1cccc2sc(C(=O)Nc3ccc(-n4cnnn4)cc3)c(Cl)c12. The Morgan fingerprint density at radius 2 is 2.00 bits per heavy atom. The normalized spacial score (nSPS) is 11.0. The van der Waals surface area contributed by atoms with E-state index in [1.807, 2.05) is 37.3 Å². The third kappa shape index (κ3) is 2.88. The van der Waals surface area contributed by atoms with Gasteiger partial charge in [0.25, 0.3) is 5.91 Å². The van der Waals surface area contributed by atoms with Crippen molar-refractivity contribution >= 4 is 44.6 Å². The number of benzene rings is 2. The molecule has 1 N–H and O–H groups in total. The first-order valence-electron chi connectivity index (χ1n) is 7.46. The highest BCUT2D eigenvalue weighted by atomic mass is 35.5. The second-order valence-corrected chi connectivity index (χ2v) is 6.88. The highest BCUT2D eigenvalue weighted by molar-refractivity contribution is 7.21. The average molecular weight is 370 g/mol. The zero-order valence-electron chi connectivity index (χ0n) is 13.1. The lowest BCUT2D eigenvalue weighted by Crippen LogP contribution is -2.10. The number of hydrogen-bond donors (Lipinski definition) is 1. The van der Waals surface area contributed by atoms with E-state index in [2.05, 4.69) is 20.8 Å². The van der Waals surface area contributed by atoms with Crippen molar-refractivity contribution in [2.45, 2.75) is 6.92 Å². The molecule has 4 rings (SSSR count). The van der Waals surface area contributed by atoms with E-state index in [-0.39, 0.29) is 5.91 Å². The van der Waals surface area contributed by atoms with Crippen molar-refractivity contribution in [2.24, 2.45) is 0 Å². The van der Waals surface area contributed by atoms with Gasteiger partial charge in [-0.15, -0.1) is 16.4 Å². The van der Waals surface area contributed by atoms with Gasteiger partial charge >= 0.3 is 0 Å². The Balaban J connectivity index is 1.60. The number of aryl methyl sites for hydroxylation is 1. The van der Waals surface area contributed by atoms with Gasteiger partial charge in [-0.05, 0) is 53.2 Å². The molecular weight excluding hydrogens is 358 g/mol. The standard InChI is InChI=1S/C17H12ClN5OS/c1-10-3-2-4-13-14(10)15(18)16(25-13)17(24)20-11-5-7-12(8-6-11)23-9-19-21-22-23/h2-9H,1H3,(H,20,24). The van der Waals surface area contributed by atoms with Crippen LogP contribution >= 0.6 is 22.9 Å². The number of halogens is 1. The van der Waals surface area contributed by atoms with Crippen molar-refractivity contribution in [2.75, 3.05) is 5.32 Å². The minimum atomic E-state index is -0.222. The number of rotatable bonds is 3. The van der Waals surface area contributed by atoms with Crippen molar-refractivity contribution in [3.8, 4) is 5.69 Å². The summed E-state index contributed by atoms with van der Waals surface area (Å²) in [5.74, 6) is -0.222. The summed E-state index contributed by atoms with van der Waals surface area (Å²) in [6.07, 6.45) is 1.51. The molecule has 0 saturated carbocycles. The first kappa shape index (κ1) is 15.7. The lowest BCUT2D eigenvalue weighted by atomic mass is 10.1. The van der Waals surface area contributed by atoms with E-state index in [0.717, 1.165) is 21.3 Å². The van der Waals surface area contributed by atoms with Crippen LogP contribution in [-0.4, -0.2) is 26.1 Å². The number of carbonyl (C=O) groups excluding carboxylic acids is 1. The molecule has 2 aromatic carbocycles. The van der Waals surface area contributed by atoms with E-state index >= 15 is 0 Å². The summed E-state index contributed by atoms with van der Waals surface area (Å²) in [5, 5.41) is 15.3. The maximum Gasteiger partial charge on any atom is 0.267 e. The zero-order chi connectivity index (χ0) is 17.4. The summed E-state index contributed by atoms with van der Waals surface area (Å²) in [6, 6.07) is 13.1. The van der Waals surface area contributed by atoms with Crippen molar-refractivity contribution < 1.29 is 4.79 Å². The predicted octanol–water partition coefficient (Wildman–Crippen LogP) is 4.09. The van der Waals surface area contributed by atoms with Gasteiger partial charge in [-0.25, -0.2) is 4.68 Å². The van der Waals surface area contributed by atoms with Gasteiger partial charge in [0.05, 0.1) is 10.7 Å². The van der Waals surface area contributed by atoms with Crippen LogP contribution in [0.15, 0.2) is 48.8 Å². The Morgan fingerprint density at radius 3 is 2.68 bits per heavy atom. The van der Waals surface area contributed by atoms with Crippen LogP contribution in [0, 0.1) is 6.92 Å². The molecule has 0 bridgehead atoms. The largest absolute Gasteiger partial charge is 0.321 e. The van der Waals surface area contributed by atoms with Gasteiger partial charge in [0, 0.05) is 15.8 Å². The van der Waals surface area contributed by atoms with Crippen LogP contribution in [0.25, 0.3) is 15.8 Å². The van der Waals surface area contributed by atoms with Gasteiger partial charge in [0.15, 0.2) is 0 Å². The Labute approximate surface area is 152 Å². The van der Waals surface area contributed by atoms with Gasteiger partial charge in [0.1, 0.15) is 11.2 Å². The molecule has 25 heavy (non-hydrogen) atoms. The average Bonchev–Trinajstić information content (AvgIpc) is 3.25. The first-order chi connectivity index (χ1) is 12.1. The molecule has 0 aliphatic rings. The van der Waals surface area contributed by atoms with Crippen LogP contribution < -0.4 is 5.32 Å². The smallest absolute Gasteiger partial charge is 0.267 e. The van der Waals surface area contributed by atoms with Crippen LogP contribution in [0.2, 0.25) is 5.02 Å². The number of anilines is 1. The number of amides is 1. The van der Waals surface area contributed by atoms with E-state index in [1.165, 1.54) is 22.3 Å². The number of tetrazole rings is 1. The molecule has 0 aliphatic carbocycles. The minimum Gasteiger partial charge on any atom is -0.321 e. The third-order valence-electron chi connectivity index (χ3n) is 3.81.